The van der Waals surface area contributed by atoms with E-state index < -0.39 is 11.2 Å². The lowest BCUT2D eigenvalue weighted by molar-refractivity contribution is -0.116. The first-order chi connectivity index (χ1) is 9.38. The number of hydrogen-bond acceptors (Lipinski definition) is 5. The van der Waals surface area contributed by atoms with Gasteiger partial charge in [-0.1, -0.05) is 0 Å². The molecule has 0 aromatic carbocycles. The molecule has 0 bridgehead atoms. The maximum absolute atomic E-state index is 11.9. The summed E-state index contributed by atoms with van der Waals surface area (Å²) in [6, 6.07) is 1.24. The van der Waals surface area contributed by atoms with Gasteiger partial charge < -0.3 is 5.32 Å². The summed E-state index contributed by atoms with van der Waals surface area (Å²) in [7, 11) is 1.37. The fourth-order valence-electron chi connectivity index (χ4n) is 1.58. The molecule has 2 aromatic rings. The molecule has 0 aliphatic rings. The number of amides is 1. The van der Waals surface area contributed by atoms with Crippen LogP contribution >= 0.6 is 11.3 Å². The van der Waals surface area contributed by atoms with Gasteiger partial charge in [0.05, 0.1) is 5.69 Å². The van der Waals surface area contributed by atoms with E-state index >= 15 is 0 Å². The van der Waals surface area contributed by atoms with Crippen LogP contribution in [0.1, 0.15) is 10.6 Å². The number of hydrogen-bond donors (Lipinski definition) is 1. The molecule has 0 aliphatic heterocycles. The summed E-state index contributed by atoms with van der Waals surface area (Å²) >= 11 is 1.38. The molecule has 2 aromatic heterocycles. The maximum atomic E-state index is 11.9. The number of thiazole rings is 1. The van der Waals surface area contributed by atoms with Crippen molar-refractivity contribution in [2.24, 2.45) is 7.05 Å². The molecule has 1 N–H and O–H groups in total. The first-order valence-electron chi connectivity index (χ1n) is 5.89. The Morgan fingerprint density at radius 2 is 2.10 bits per heavy atom. The third-order valence-corrected chi connectivity index (χ3v) is 3.84. The average Bonchev–Trinajstić information content (AvgIpc) is 2.69. The Morgan fingerprint density at radius 1 is 1.40 bits per heavy atom. The Labute approximate surface area is 118 Å². The minimum Gasteiger partial charge on any atom is -0.300 e. The van der Waals surface area contributed by atoms with Gasteiger partial charge in [0.2, 0.25) is 5.91 Å². The van der Waals surface area contributed by atoms with Crippen molar-refractivity contribution in [3.8, 4) is 0 Å². The fourth-order valence-corrected chi connectivity index (χ4v) is 2.41. The lowest BCUT2D eigenvalue weighted by Crippen LogP contribution is -2.38. The van der Waals surface area contributed by atoms with Crippen LogP contribution < -0.4 is 16.6 Å². The van der Waals surface area contributed by atoms with Gasteiger partial charge in [0.1, 0.15) is 6.54 Å². The van der Waals surface area contributed by atoms with E-state index in [9.17, 15) is 14.4 Å². The van der Waals surface area contributed by atoms with Crippen LogP contribution in [0, 0.1) is 13.8 Å². The normalized spacial score (nSPS) is 10.6. The standard InChI is InChI=1S/C12H14N4O3S/c1-7-8(2)20-11(13-7)14-9(17)6-16-5-4-10(18)15(3)12(16)19/h4-5H,6H2,1-3H3,(H,13,14,17). The summed E-state index contributed by atoms with van der Waals surface area (Å²) in [5, 5.41) is 3.14. The maximum Gasteiger partial charge on any atom is 0.331 e. The molecule has 2 rings (SSSR count). The van der Waals surface area contributed by atoms with Crippen LogP contribution in [0.25, 0.3) is 0 Å². The Bertz CT molecular complexity index is 752. The van der Waals surface area contributed by atoms with Gasteiger partial charge in [-0.05, 0) is 13.8 Å². The SMILES string of the molecule is Cc1nc(NC(=O)Cn2ccc(=O)n(C)c2=O)sc1C. The van der Waals surface area contributed by atoms with E-state index in [0.717, 1.165) is 15.1 Å². The van der Waals surface area contributed by atoms with E-state index in [0.29, 0.717) is 5.13 Å². The number of aromatic nitrogens is 3. The third-order valence-electron chi connectivity index (χ3n) is 2.85. The molecule has 0 saturated carbocycles. The largest absolute Gasteiger partial charge is 0.331 e. The second kappa shape index (κ2) is 5.41. The van der Waals surface area contributed by atoms with Gasteiger partial charge in [0, 0.05) is 24.2 Å². The van der Waals surface area contributed by atoms with Crippen molar-refractivity contribution in [2.75, 3.05) is 5.32 Å². The van der Waals surface area contributed by atoms with Crippen LogP contribution in [0.3, 0.4) is 0 Å². The summed E-state index contributed by atoms with van der Waals surface area (Å²) in [5.74, 6) is -0.362. The van der Waals surface area contributed by atoms with Crippen molar-refractivity contribution in [2.45, 2.75) is 20.4 Å². The summed E-state index contributed by atoms with van der Waals surface area (Å²) < 4.78 is 2.12. The van der Waals surface area contributed by atoms with Crippen molar-refractivity contribution in [3.05, 3.63) is 43.7 Å². The number of nitrogens with zero attached hydrogens (tertiary/aromatic N) is 3. The highest BCUT2D eigenvalue weighted by atomic mass is 32.1. The molecular weight excluding hydrogens is 280 g/mol. The van der Waals surface area contributed by atoms with Crippen LogP contribution in [0.4, 0.5) is 5.13 Å². The summed E-state index contributed by atoms with van der Waals surface area (Å²) in [4.78, 5) is 40.1. The van der Waals surface area contributed by atoms with E-state index in [1.165, 1.54) is 35.2 Å². The first-order valence-corrected chi connectivity index (χ1v) is 6.70. The molecular formula is C12H14N4O3S. The minimum absolute atomic E-state index is 0.162. The van der Waals surface area contributed by atoms with Gasteiger partial charge in [-0.2, -0.15) is 0 Å². The van der Waals surface area contributed by atoms with E-state index in [1.54, 1.807) is 0 Å². The molecule has 0 fully saturated rings. The highest BCUT2D eigenvalue weighted by Gasteiger charge is 2.10. The highest BCUT2D eigenvalue weighted by molar-refractivity contribution is 7.15. The van der Waals surface area contributed by atoms with Crippen LogP contribution in [0.5, 0.6) is 0 Å². The van der Waals surface area contributed by atoms with Gasteiger partial charge >= 0.3 is 5.69 Å². The zero-order valence-electron chi connectivity index (χ0n) is 11.3. The third kappa shape index (κ3) is 2.85. The Balaban J connectivity index is 2.14. The Morgan fingerprint density at radius 3 is 2.70 bits per heavy atom. The monoisotopic (exact) mass is 294 g/mol. The molecule has 0 saturated heterocycles. The molecule has 7 nitrogen and oxygen atoms in total. The molecule has 0 radical (unpaired) electrons. The second-order valence-electron chi connectivity index (χ2n) is 4.33. The highest BCUT2D eigenvalue weighted by Crippen LogP contribution is 2.20. The molecule has 0 aliphatic carbocycles. The van der Waals surface area contributed by atoms with E-state index in [-0.39, 0.29) is 12.5 Å². The average molecular weight is 294 g/mol. The molecule has 0 spiro atoms. The molecule has 0 atom stereocenters. The van der Waals surface area contributed by atoms with Crippen molar-refractivity contribution in [3.63, 3.8) is 0 Å². The summed E-state index contributed by atoms with van der Waals surface area (Å²) in [6.45, 7) is 3.61. The number of rotatable bonds is 3. The zero-order chi connectivity index (χ0) is 14.9. The quantitative estimate of drug-likeness (QED) is 0.879. The fraction of sp³-hybridized carbons (Fsp3) is 0.333. The van der Waals surface area contributed by atoms with Gasteiger partial charge in [-0.25, -0.2) is 9.78 Å². The molecule has 1 amide bonds. The zero-order valence-corrected chi connectivity index (χ0v) is 12.2. The van der Waals surface area contributed by atoms with Crippen LogP contribution in [-0.2, 0) is 18.4 Å². The van der Waals surface area contributed by atoms with E-state index in [2.05, 4.69) is 10.3 Å². The van der Waals surface area contributed by atoms with Crippen molar-refractivity contribution < 1.29 is 4.79 Å². The Hall–Kier alpha value is -2.22. The number of carbonyl (C=O) groups is 1. The minimum atomic E-state index is -0.529. The number of nitrogens with one attached hydrogen (secondary N) is 1. The topological polar surface area (TPSA) is 86.0 Å². The molecule has 106 valence electrons. The van der Waals surface area contributed by atoms with Crippen molar-refractivity contribution in [1.29, 1.82) is 0 Å². The summed E-state index contributed by atoms with van der Waals surface area (Å²) in [6.07, 6.45) is 1.31. The van der Waals surface area contributed by atoms with Crippen LogP contribution in [0.2, 0.25) is 0 Å². The van der Waals surface area contributed by atoms with Gasteiger partial charge in [-0.15, -0.1) is 11.3 Å². The summed E-state index contributed by atoms with van der Waals surface area (Å²) in [5.41, 5.74) is -0.0680. The van der Waals surface area contributed by atoms with Crippen molar-refractivity contribution in [1.82, 2.24) is 14.1 Å². The van der Waals surface area contributed by atoms with Gasteiger partial charge in [-0.3, -0.25) is 18.7 Å². The molecule has 2 heterocycles. The van der Waals surface area contributed by atoms with Gasteiger partial charge in [0.15, 0.2) is 5.13 Å². The lowest BCUT2D eigenvalue weighted by Gasteiger charge is -2.06. The van der Waals surface area contributed by atoms with Crippen LogP contribution in [0.15, 0.2) is 21.9 Å². The Kier molecular flexibility index (Phi) is 3.84. The number of aryl methyl sites for hydroxylation is 2. The predicted molar refractivity (Wildman–Crippen MR) is 76.2 cm³/mol. The molecule has 20 heavy (non-hydrogen) atoms. The predicted octanol–water partition coefficient (Wildman–Crippen LogP) is 0.259. The first kappa shape index (κ1) is 14.2. The van der Waals surface area contributed by atoms with Gasteiger partial charge in [0.25, 0.3) is 5.56 Å². The number of carbonyl (C=O) groups excluding carboxylic acids is 1. The van der Waals surface area contributed by atoms with E-state index in [4.69, 9.17) is 0 Å². The lowest BCUT2D eigenvalue weighted by atomic mass is 10.4. The number of anilines is 1. The van der Waals surface area contributed by atoms with Crippen molar-refractivity contribution >= 4 is 22.4 Å². The molecule has 8 heteroatoms. The molecule has 0 unspecified atom stereocenters. The smallest absolute Gasteiger partial charge is 0.300 e. The second-order valence-corrected chi connectivity index (χ2v) is 5.54. The van der Waals surface area contributed by atoms with Crippen LogP contribution in [-0.4, -0.2) is 20.0 Å². The van der Waals surface area contributed by atoms with E-state index in [1.807, 2.05) is 13.8 Å².